The normalized spacial score (nSPS) is 27.7. The minimum absolute atomic E-state index is 0.324. The summed E-state index contributed by atoms with van der Waals surface area (Å²) in [5, 5.41) is 29.8. The fourth-order valence-corrected chi connectivity index (χ4v) is 2.38. The first-order valence-corrected chi connectivity index (χ1v) is 5.98. The lowest BCUT2D eigenvalue weighted by Crippen LogP contribution is -2.41. The number of aliphatic hydroxyl groups is 1. The minimum Gasteiger partial charge on any atom is -0.480 e. The van der Waals surface area contributed by atoms with Gasteiger partial charge in [0.05, 0.1) is 17.9 Å². The van der Waals surface area contributed by atoms with Gasteiger partial charge in [0, 0.05) is 13.7 Å². The van der Waals surface area contributed by atoms with Crippen molar-refractivity contribution in [1.29, 1.82) is 0 Å². The van der Waals surface area contributed by atoms with Crippen LogP contribution < -0.4 is 5.32 Å². The van der Waals surface area contributed by atoms with Gasteiger partial charge in [-0.05, 0) is 13.8 Å². The Bertz CT molecular complexity index is 468. The zero-order chi connectivity index (χ0) is 14.2. The topological polar surface area (TPSA) is 110 Å². The second kappa shape index (κ2) is 4.87. The summed E-state index contributed by atoms with van der Waals surface area (Å²) in [6, 6.07) is -1.12. The zero-order valence-corrected chi connectivity index (χ0v) is 11.1. The average Bonchev–Trinajstić information content (AvgIpc) is 2.93. The number of methoxy groups -OCH3 is 1. The Kier molecular flexibility index (Phi) is 3.57. The van der Waals surface area contributed by atoms with Crippen LogP contribution in [0.2, 0.25) is 0 Å². The molecule has 0 saturated carbocycles. The Labute approximate surface area is 110 Å². The van der Waals surface area contributed by atoms with Crippen LogP contribution in [0.1, 0.15) is 25.6 Å². The Balaban J connectivity index is 2.33. The van der Waals surface area contributed by atoms with E-state index in [9.17, 15) is 9.90 Å². The molecule has 1 fully saturated rings. The molecule has 1 aliphatic heterocycles. The first-order valence-electron chi connectivity index (χ1n) is 5.98. The maximum absolute atomic E-state index is 11.1. The van der Waals surface area contributed by atoms with E-state index in [-0.39, 0.29) is 6.04 Å². The molecular weight excluding hydrogens is 252 g/mol. The van der Waals surface area contributed by atoms with Gasteiger partial charge in [0.15, 0.2) is 0 Å². The fourth-order valence-electron chi connectivity index (χ4n) is 2.38. The highest BCUT2D eigenvalue weighted by atomic mass is 16.5. The van der Waals surface area contributed by atoms with E-state index >= 15 is 0 Å². The quantitative estimate of drug-likeness (QED) is 0.651. The molecule has 0 aromatic carbocycles. The van der Waals surface area contributed by atoms with Gasteiger partial charge in [-0.25, -0.2) is 4.68 Å². The Morgan fingerprint density at radius 2 is 2.32 bits per heavy atom. The van der Waals surface area contributed by atoms with Crippen molar-refractivity contribution in [2.24, 2.45) is 0 Å². The van der Waals surface area contributed by atoms with Crippen molar-refractivity contribution in [3.05, 3.63) is 11.9 Å². The van der Waals surface area contributed by atoms with E-state index in [1.807, 2.05) is 0 Å². The van der Waals surface area contributed by atoms with E-state index in [4.69, 9.17) is 9.84 Å². The number of hydrogen-bond acceptors (Lipinski definition) is 6. The molecule has 3 atom stereocenters. The molecule has 1 aromatic rings. The van der Waals surface area contributed by atoms with Crippen molar-refractivity contribution < 1.29 is 19.7 Å². The molecule has 0 aliphatic carbocycles. The lowest BCUT2D eigenvalue weighted by atomic mass is 10.0. The van der Waals surface area contributed by atoms with Gasteiger partial charge < -0.3 is 14.9 Å². The first-order chi connectivity index (χ1) is 8.86. The van der Waals surface area contributed by atoms with Crippen molar-refractivity contribution in [1.82, 2.24) is 20.3 Å². The van der Waals surface area contributed by atoms with Crippen LogP contribution in [0.5, 0.6) is 0 Å². The molecule has 0 amide bonds. The van der Waals surface area contributed by atoms with Crippen LogP contribution in [0.4, 0.5) is 0 Å². The smallest absolute Gasteiger partial charge is 0.323 e. The van der Waals surface area contributed by atoms with E-state index in [1.165, 1.54) is 18.0 Å². The summed E-state index contributed by atoms with van der Waals surface area (Å²) in [4.78, 5) is 11.1. The van der Waals surface area contributed by atoms with Crippen LogP contribution in [0.25, 0.3) is 0 Å². The number of carboxylic acids is 1. The van der Waals surface area contributed by atoms with Crippen molar-refractivity contribution in [3.63, 3.8) is 0 Å². The SMILES string of the molecule is CO[C@@H]1[C@@H](C(=O)O)NC[C@H]1n1nncc1C(C)(C)O. The molecule has 2 rings (SSSR count). The number of carboxylic acid groups (broad SMARTS) is 1. The van der Waals surface area contributed by atoms with E-state index in [1.54, 1.807) is 13.8 Å². The highest BCUT2D eigenvalue weighted by Gasteiger charge is 2.43. The highest BCUT2D eigenvalue weighted by molar-refractivity contribution is 5.75. The monoisotopic (exact) mass is 270 g/mol. The standard InChI is InChI=1S/C11H18N4O4/c1-11(2,18)7-5-13-14-15(7)6-4-12-8(10(16)17)9(6)19-3/h5-6,8-9,12,18H,4H2,1-3H3,(H,16,17)/t6-,8+,9+/m1/s1. The number of ether oxygens (including phenoxy) is 1. The molecule has 1 aromatic heterocycles. The lowest BCUT2D eigenvalue weighted by Gasteiger charge is -2.25. The summed E-state index contributed by atoms with van der Waals surface area (Å²) in [6.45, 7) is 3.64. The maximum Gasteiger partial charge on any atom is 0.323 e. The van der Waals surface area contributed by atoms with E-state index < -0.39 is 23.7 Å². The molecule has 3 N–H and O–H groups in total. The van der Waals surface area contributed by atoms with Gasteiger partial charge in [0.25, 0.3) is 0 Å². The fraction of sp³-hybridized carbons (Fsp3) is 0.727. The molecule has 1 aliphatic rings. The van der Waals surface area contributed by atoms with Crippen molar-refractivity contribution in [2.75, 3.05) is 13.7 Å². The van der Waals surface area contributed by atoms with Crippen molar-refractivity contribution in [2.45, 2.75) is 37.6 Å². The molecule has 0 spiro atoms. The van der Waals surface area contributed by atoms with Gasteiger partial charge in [0.1, 0.15) is 17.7 Å². The molecule has 8 heteroatoms. The van der Waals surface area contributed by atoms with Gasteiger partial charge in [-0.15, -0.1) is 5.10 Å². The van der Waals surface area contributed by atoms with E-state index in [2.05, 4.69) is 15.6 Å². The third kappa shape index (κ3) is 2.46. The summed E-state index contributed by atoms with van der Waals surface area (Å²) < 4.78 is 6.81. The number of aliphatic carboxylic acids is 1. The van der Waals surface area contributed by atoms with Gasteiger partial charge in [-0.2, -0.15) is 0 Å². The van der Waals surface area contributed by atoms with Crippen molar-refractivity contribution in [3.8, 4) is 0 Å². The van der Waals surface area contributed by atoms with E-state index in [0.29, 0.717) is 12.2 Å². The average molecular weight is 270 g/mol. The number of nitrogens with one attached hydrogen (secondary N) is 1. The molecule has 8 nitrogen and oxygen atoms in total. The number of aromatic nitrogens is 3. The van der Waals surface area contributed by atoms with Gasteiger partial charge in [-0.3, -0.25) is 10.1 Å². The number of nitrogens with zero attached hydrogens (tertiary/aromatic N) is 3. The lowest BCUT2D eigenvalue weighted by molar-refractivity contribution is -0.142. The Hall–Kier alpha value is -1.51. The van der Waals surface area contributed by atoms with Gasteiger partial charge >= 0.3 is 5.97 Å². The molecule has 2 heterocycles. The molecule has 106 valence electrons. The van der Waals surface area contributed by atoms with Crippen LogP contribution in [-0.2, 0) is 15.1 Å². The predicted molar refractivity (Wildman–Crippen MR) is 64.5 cm³/mol. The first kappa shape index (κ1) is 13.9. The van der Waals surface area contributed by atoms with Gasteiger partial charge in [-0.1, -0.05) is 5.21 Å². The third-order valence-electron chi connectivity index (χ3n) is 3.31. The van der Waals surface area contributed by atoms with Crippen LogP contribution in [0.3, 0.4) is 0 Å². The summed E-state index contributed by atoms with van der Waals surface area (Å²) in [5.41, 5.74) is -0.587. The molecular formula is C11H18N4O4. The van der Waals surface area contributed by atoms with Crippen LogP contribution in [0, 0.1) is 0 Å². The summed E-state index contributed by atoms with van der Waals surface area (Å²) in [7, 11) is 1.46. The minimum atomic E-state index is -1.11. The van der Waals surface area contributed by atoms with Crippen LogP contribution in [0.15, 0.2) is 6.20 Å². The highest BCUT2D eigenvalue weighted by Crippen LogP contribution is 2.27. The maximum atomic E-state index is 11.1. The summed E-state index contributed by atoms with van der Waals surface area (Å²) in [5.74, 6) is -0.973. The molecule has 0 unspecified atom stereocenters. The molecule has 19 heavy (non-hydrogen) atoms. The van der Waals surface area contributed by atoms with Crippen LogP contribution in [-0.4, -0.2) is 57.0 Å². The second-order valence-corrected chi connectivity index (χ2v) is 5.11. The number of carbonyl (C=O) groups is 1. The largest absolute Gasteiger partial charge is 0.480 e. The van der Waals surface area contributed by atoms with Gasteiger partial charge in [0.2, 0.25) is 0 Å². The van der Waals surface area contributed by atoms with Crippen LogP contribution >= 0.6 is 0 Å². The zero-order valence-electron chi connectivity index (χ0n) is 11.1. The summed E-state index contributed by atoms with van der Waals surface area (Å²) in [6.07, 6.45) is 0.904. The number of hydrogen-bond donors (Lipinski definition) is 3. The van der Waals surface area contributed by atoms with E-state index in [0.717, 1.165) is 0 Å². The second-order valence-electron chi connectivity index (χ2n) is 5.11. The van der Waals surface area contributed by atoms with Crippen molar-refractivity contribution >= 4 is 5.97 Å². The summed E-state index contributed by atoms with van der Waals surface area (Å²) >= 11 is 0. The molecule has 1 saturated heterocycles. The third-order valence-corrected chi connectivity index (χ3v) is 3.31. The Morgan fingerprint density at radius 1 is 1.63 bits per heavy atom. The Morgan fingerprint density at radius 3 is 2.84 bits per heavy atom. The predicted octanol–water partition coefficient (Wildman–Crippen LogP) is -0.882. The number of rotatable bonds is 4. The molecule has 0 bridgehead atoms. The molecule has 0 radical (unpaired) electrons.